The minimum Gasteiger partial charge on any atom is -0.445 e. The van der Waals surface area contributed by atoms with E-state index in [0.29, 0.717) is 6.61 Å². The predicted molar refractivity (Wildman–Crippen MR) is 83.2 cm³/mol. The molecule has 2 rings (SSSR count). The maximum atomic E-state index is 11.9. The van der Waals surface area contributed by atoms with Crippen molar-refractivity contribution in [2.45, 2.75) is 13.0 Å². The van der Waals surface area contributed by atoms with Gasteiger partial charge in [-0.1, -0.05) is 30.3 Å². The van der Waals surface area contributed by atoms with Gasteiger partial charge in [0.2, 0.25) is 0 Å². The van der Waals surface area contributed by atoms with Crippen molar-refractivity contribution in [3.8, 4) is 0 Å². The zero-order chi connectivity index (χ0) is 14.9. The molecule has 0 unspecified atom stereocenters. The van der Waals surface area contributed by atoms with E-state index in [1.807, 2.05) is 30.3 Å². The Morgan fingerprint density at radius 3 is 2.71 bits per heavy atom. The molecule has 116 valence electrons. The number of hydrogen-bond acceptors (Lipinski definition) is 4. The summed E-state index contributed by atoms with van der Waals surface area (Å²) in [6, 6.07) is 9.75. The number of carbonyl (C=O) groups is 1. The lowest BCUT2D eigenvalue weighted by Crippen LogP contribution is -2.44. The summed E-state index contributed by atoms with van der Waals surface area (Å²) in [5.41, 5.74) is 1.01. The van der Waals surface area contributed by atoms with E-state index < -0.39 is 0 Å². The van der Waals surface area contributed by atoms with E-state index in [1.165, 1.54) is 0 Å². The van der Waals surface area contributed by atoms with E-state index in [9.17, 15) is 4.79 Å². The Bertz CT molecular complexity index is 419. The molecule has 1 N–H and O–H groups in total. The van der Waals surface area contributed by atoms with Crippen LogP contribution in [-0.4, -0.2) is 62.2 Å². The first kappa shape index (κ1) is 15.8. The van der Waals surface area contributed by atoms with Crippen molar-refractivity contribution in [3.63, 3.8) is 0 Å². The van der Waals surface area contributed by atoms with Crippen LogP contribution in [0.4, 0.5) is 4.79 Å². The first-order valence-corrected chi connectivity index (χ1v) is 7.60. The fourth-order valence-corrected chi connectivity index (χ4v) is 2.39. The van der Waals surface area contributed by atoms with Crippen LogP contribution in [0.1, 0.15) is 12.0 Å². The zero-order valence-corrected chi connectivity index (χ0v) is 12.8. The summed E-state index contributed by atoms with van der Waals surface area (Å²) < 4.78 is 5.30. The molecule has 0 aromatic heterocycles. The highest BCUT2D eigenvalue weighted by Gasteiger charge is 2.12. The number of amides is 1. The van der Waals surface area contributed by atoms with Crippen molar-refractivity contribution in [1.29, 1.82) is 0 Å². The average molecular weight is 291 g/mol. The third-order valence-corrected chi connectivity index (χ3v) is 3.69. The van der Waals surface area contributed by atoms with Gasteiger partial charge in [-0.15, -0.1) is 0 Å². The molecule has 0 bridgehead atoms. The van der Waals surface area contributed by atoms with Crippen LogP contribution < -0.4 is 5.32 Å². The molecule has 0 atom stereocenters. The first-order valence-electron chi connectivity index (χ1n) is 7.60. The quantitative estimate of drug-likeness (QED) is 0.864. The van der Waals surface area contributed by atoms with Gasteiger partial charge in [0.15, 0.2) is 0 Å². The summed E-state index contributed by atoms with van der Waals surface area (Å²) in [7, 11) is 1.80. The minimum atomic E-state index is -0.251. The van der Waals surface area contributed by atoms with Crippen molar-refractivity contribution in [2.75, 3.05) is 46.3 Å². The number of benzene rings is 1. The van der Waals surface area contributed by atoms with Crippen LogP contribution in [-0.2, 0) is 11.3 Å². The molecule has 1 saturated heterocycles. The summed E-state index contributed by atoms with van der Waals surface area (Å²) >= 11 is 0. The molecule has 1 heterocycles. The Labute approximate surface area is 126 Å². The summed E-state index contributed by atoms with van der Waals surface area (Å²) in [6.07, 6.45) is 0.732. The van der Waals surface area contributed by atoms with Crippen molar-refractivity contribution in [3.05, 3.63) is 35.9 Å². The summed E-state index contributed by atoms with van der Waals surface area (Å²) in [5.74, 6) is 0. The van der Waals surface area contributed by atoms with E-state index in [2.05, 4.69) is 10.2 Å². The van der Waals surface area contributed by atoms with Crippen LogP contribution >= 0.6 is 0 Å². The Hall–Kier alpha value is -1.59. The SMILES string of the molecule is CN(CCCN1CCNCC1)C(=O)OCc1ccccc1. The summed E-state index contributed by atoms with van der Waals surface area (Å²) in [6.45, 7) is 6.44. The molecule has 0 aliphatic carbocycles. The van der Waals surface area contributed by atoms with Gasteiger partial charge in [-0.2, -0.15) is 0 Å². The van der Waals surface area contributed by atoms with Crippen molar-refractivity contribution in [1.82, 2.24) is 15.1 Å². The highest BCUT2D eigenvalue weighted by molar-refractivity contribution is 5.67. The normalized spacial score (nSPS) is 15.7. The second-order valence-corrected chi connectivity index (χ2v) is 5.41. The summed E-state index contributed by atoms with van der Waals surface area (Å²) in [4.78, 5) is 16.0. The van der Waals surface area contributed by atoms with Crippen LogP contribution in [0, 0.1) is 0 Å². The highest BCUT2D eigenvalue weighted by atomic mass is 16.6. The first-order chi connectivity index (χ1) is 10.3. The average Bonchev–Trinajstić information content (AvgIpc) is 2.54. The number of hydrogen-bond donors (Lipinski definition) is 1. The number of nitrogens with one attached hydrogen (secondary N) is 1. The molecule has 1 aromatic carbocycles. The van der Waals surface area contributed by atoms with Crippen LogP contribution in [0.15, 0.2) is 30.3 Å². The Morgan fingerprint density at radius 1 is 1.29 bits per heavy atom. The molecule has 5 nitrogen and oxygen atoms in total. The Balaban J connectivity index is 1.60. The number of ether oxygens (including phenoxy) is 1. The highest BCUT2D eigenvalue weighted by Crippen LogP contribution is 2.03. The lowest BCUT2D eigenvalue weighted by Gasteiger charge is -2.27. The Kier molecular flexibility index (Phi) is 6.50. The third-order valence-electron chi connectivity index (χ3n) is 3.69. The molecule has 1 amide bonds. The molecule has 1 aromatic rings. The smallest absolute Gasteiger partial charge is 0.409 e. The van der Waals surface area contributed by atoms with Gasteiger partial charge in [-0.25, -0.2) is 4.79 Å². The van der Waals surface area contributed by atoms with E-state index in [0.717, 1.165) is 51.3 Å². The molecule has 1 aliphatic rings. The van der Waals surface area contributed by atoms with E-state index >= 15 is 0 Å². The fourth-order valence-electron chi connectivity index (χ4n) is 2.39. The van der Waals surface area contributed by atoms with Gasteiger partial charge in [0.05, 0.1) is 0 Å². The van der Waals surface area contributed by atoms with Crippen LogP contribution in [0.2, 0.25) is 0 Å². The maximum absolute atomic E-state index is 11.9. The molecule has 21 heavy (non-hydrogen) atoms. The van der Waals surface area contributed by atoms with Gasteiger partial charge >= 0.3 is 6.09 Å². The van der Waals surface area contributed by atoms with Crippen LogP contribution in [0.5, 0.6) is 0 Å². The van der Waals surface area contributed by atoms with Crippen molar-refractivity contribution < 1.29 is 9.53 Å². The number of carbonyl (C=O) groups excluding carboxylic acids is 1. The van der Waals surface area contributed by atoms with E-state index in [1.54, 1.807) is 11.9 Å². The van der Waals surface area contributed by atoms with Gasteiger partial charge in [0.1, 0.15) is 6.61 Å². The zero-order valence-electron chi connectivity index (χ0n) is 12.8. The fraction of sp³-hybridized carbons (Fsp3) is 0.562. The summed E-state index contributed by atoms with van der Waals surface area (Å²) in [5, 5.41) is 3.34. The molecule has 0 radical (unpaired) electrons. The molecular weight excluding hydrogens is 266 g/mol. The van der Waals surface area contributed by atoms with E-state index in [-0.39, 0.29) is 6.09 Å². The van der Waals surface area contributed by atoms with Crippen molar-refractivity contribution >= 4 is 6.09 Å². The standard InChI is InChI=1S/C16H25N3O2/c1-18(10-5-11-19-12-8-17-9-13-19)16(20)21-14-15-6-3-2-4-7-15/h2-4,6-7,17H,5,8-14H2,1H3. The van der Waals surface area contributed by atoms with Crippen LogP contribution in [0.3, 0.4) is 0 Å². The number of piperazine rings is 1. The van der Waals surface area contributed by atoms with Gasteiger partial charge in [0.25, 0.3) is 0 Å². The van der Waals surface area contributed by atoms with Gasteiger partial charge in [-0.3, -0.25) is 0 Å². The predicted octanol–water partition coefficient (Wildman–Crippen LogP) is 1.55. The number of nitrogens with zero attached hydrogens (tertiary/aromatic N) is 2. The van der Waals surface area contributed by atoms with Gasteiger partial charge < -0.3 is 19.9 Å². The molecule has 5 heteroatoms. The molecular formula is C16H25N3O2. The topological polar surface area (TPSA) is 44.8 Å². The van der Waals surface area contributed by atoms with Gasteiger partial charge in [0, 0.05) is 39.8 Å². The van der Waals surface area contributed by atoms with E-state index in [4.69, 9.17) is 4.74 Å². The van der Waals surface area contributed by atoms with Crippen LogP contribution in [0.25, 0.3) is 0 Å². The second-order valence-electron chi connectivity index (χ2n) is 5.41. The molecule has 0 saturated carbocycles. The Morgan fingerprint density at radius 2 is 2.00 bits per heavy atom. The lowest BCUT2D eigenvalue weighted by molar-refractivity contribution is 0.103. The second kappa shape index (κ2) is 8.64. The molecule has 1 aliphatic heterocycles. The molecule has 0 spiro atoms. The van der Waals surface area contributed by atoms with Crippen molar-refractivity contribution in [2.24, 2.45) is 0 Å². The minimum absolute atomic E-state index is 0.251. The lowest BCUT2D eigenvalue weighted by atomic mass is 10.2. The van der Waals surface area contributed by atoms with Gasteiger partial charge in [-0.05, 0) is 18.5 Å². The largest absolute Gasteiger partial charge is 0.445 e. The molecule has 1 fully saturated rings. The number of rotatable bonds is 6. The third kappa shape index (κ3) is 5.73. The monoisotopic (exact) mass is 291 g/mol. The maximum Gasteiger partial charge on any atom is 0.409 e.